The third kappa shape index (κ3) is 5.38. The first-order valence-electron chi connectivity index (χ1n) is 10.9. The van der Waals surface area contributed by atoms with Crippen molar-refractivity contribution in [1.82, 2.24) is 15.0 Å². The number of carbonyl (C=O) groups is 1. The van der Waals surface area contributed by atoms with E-state index in [0.717, 1.165) is 22.3 Å². The zero-order chi connectivity index (χ0) is 24.9. The fourth-order valence-corrected chi connectivity index (χ4v) is 3.49. The molecule has 8 nitrogen and oxygen atoms in total. The van der Waals surface area contributed by atoms with E-state index in [4.69, 9.17) is 18.9 Å². The van der Waals surface area contributed by atoms with Crippen molar-refractivity contribution in [1.29, 1.82) is 0 Å². The molecule has 8 heteroatoms. The molecule has 0 radical (unpaired) electrons. The Kier molecular flexibility index (Phi) is 6.91. The van der Waals surface area contributed by atoms with Crippen LogP contribution in [0.25, 0.3) is 0 Å². The molecule has 0 unspecified atom stereocenters. The van der Waals surface area contributed by atoms with Crippen molar-refractivity contribution in [2.24, 2.45) is 0 Å². The number of methoxy groups -OCH3 is 1. The van der Waals surface area contributed by atoms with E-state index >= 15 is 0 Å². The van der Waals surface area contributed by atoms with Crippen molar-refractivity contribution in [3.8, 4) is 35.3 Å². The van der Waals surface area contributed by atoms with E-state index in [1.54, 1.807) is 24.3 Å². The third-order valence-corrected chi connectivity index (χ3v) is 5.27. The van der Waals surface area contributed by atoms with Crippen molar-refractivity contribution in [2.45, 2.75) is 27.7 Å². The third-order valence-electron chi connectivity index (χ3n) is 5.27. The van der Waals surface area contributed by atoms with Crippen LogP contribution in [0, 0.1) is 27.7 Å². The first-order chi connectivity index (χ1) is 16.9. The predicted octanol–water partition coefficient (Wildman–Crippen LogP) is 6.27. The lowest BCUT2D eigenvalue weighted by Gasteiger charge is -2.14. The minimum absolute atomic E-state index is 0.0100. The highest BCUT2D eigenvalue weighted by Gasteiger charge is 2.19. The molecule has 0 aliphatic carbocycles. The molecule has 178 valence electrons. The number of para-hydroxylation sites is 3. The zero-order valence-corrected chi connectivity index (χ0v) is 20.2. The van der Waals surface area contributed by atoms with Gasteiger partial charge in [0.2, 0.25) is 0 Å². The Hall–Kier alpha value is -4.46. The number of aryl methyl sites for hydroxylation is 4. The molecule has 35 heavy (non-hydrogen) atoms. The van der Waals surface area contributed by atoms with Gasteiger partial charge in [0, 0.05) is 0 Å². The van der Waals surface area contributed by atoms with Crippen LogP contribution in [0.4, 0.5) is 0 Å². The molecule has 0 N–H and O–H groups in total. The maximum atomic E-state index is 12.2. The van der Waals surface area contributed by atoms with Crippen molar-refractivity contribution < 1.29 is 23.7 Å². The van der Waals surface area contributed by atoms with Crippen LogP contribution >= 0.6 is 0 Å². The summed E-state index contributed by atoms with van der Waals surface area (Å²) in [6.07, 6.45) is 0. The molecule has 0 fully saturated rings. The monoisotopic (exact) mass is 471 g/mol. The lowest BCUT2D eigenvalue weighted by atomic mass is 10.1. The molecule has 0 spiro atoms. The van der Waals surface area contributed by atoms with Crippen LogP contribution in [0.5, 0.6) is 35.3 Å². The number of ether oxygens (including phenoxy) is 4. The number of nitrogens with zero attached hydrogens (tertiary/aromatic N) is 3. The highest BCUT2D eigenvalue weighted by molar-refractivity contribution is 5.92. The maximum absolute atomic E-state index is 12.2. The van der Waals surface area contributed by atoms with E-state index in [0.29, 0.717) is 11.5 Å². The van der Waals surface area contributed by atoms with Gasteiger partial charge in [-0.15, -0.1) is 15.0 Å². The summed E-state index contributed by atoms with van der Waals surface area (Å²) in [6.45, 7) is 7.73. The summed E-state index contributed by atoms with van der Waals surface area (Å²) in [5.74, 6) is 0.922. The van der Waals surface area contributed by atoms with E-state index < -0.39 is 5.97 Å². The van der Waals surface area contributed by atoms with Gasteiger partial charge in [0.25, 0.3) is 0 Å². The summed E-state index contributed by atoms with van der Waals surface area (Å²) in [5.41, 5.74) is 3.90. The Morgan fingerprint density at radius 3 is 1.49 bits per heavy atom. The van der Waals surface area contributed by atoms with Crippen LogP contribution in [-0.4, -0.2) is 28.0 Å². The molecule has 0 atom stereocenters. The molecule has 4 rings (SSSR count). The second-order valence-corrected chi connectivity index (χ2v) is 7.92. The van der Waals surface area contributed by atoms with Crippen LogP contribution < -0.4 is 14.2 Å². The smallest absolute Gasteiger partial charge is 0.341 e. The van der Waals surface area contributed by atoms with Gasteiger partial charge in [-0.05, 0) is 62.1 Å². The number of rotatable bonds is 7. The molecule has 0 aliphatic heterocycles. The average Bonchev–Trinajstić information content (AvgIpc) is 2.84. The van der Waals surface area contributed by atoms with Gasteiger partial charge in [-0.2, -0.15) is 0 Å². The quantitative estimate of drug-likeness (QED) is 0.291. The topological polar surface area (TPSA) is 92.7 Å². The standard InChI is InChI=1S/C27H25N3O5/c1-16-10-8-11-17(2)22(16)34-26-28-25(33-21-15-7-6-14-20(21)24(31)32-5)29-27(30-26)35-23-18(3)12-9-13-19(23)4/h6-15H,1-5H3. The van der Waals surface area contributed by atoms with Gasteiger partial charge >= 0.3 is 24.0 Å². The van der Waals surface area contributed by atoms with Crippen molar-refractivity contribution in [2.75, 3.05) is 7.11 Å². The summed E-state index contributed by atoms with van der Waals surface area (Å²) in [7, 11) is 1.30. The Morgan fingerprint density at radius 2 is 1.03 bits per heavy atom. The molecule has 0 amide bonds. The lowest BCUT2D eigenvalue weighted by molar-refractivity contribution is 0.0597. The lowest BCUT2D eigenvalue weighted by Crippen LogP contribution is -2.06. The normalized spacial score (nSPS) is 10.5. The average molecular weight is 472 g/mol. The molecular weight excluding hydrogens is 446 g/mol. The van der Waals surface area contributed by atoms with Crippen molar-refractivity contribution >= 4 is 5.97 Å². The number of benzene rings is 3. The Bertz CT molecular complexity index is 1280. The van der Waals surface area contributed by atoms with Crippen LogP contribution in [0.3, 0.4) is 0 Å². The first-order valence-corrected chi connectivity index (χ1v) is 10.9. The zero-order valence-electron chi connectivity index (χ0n) is 20.2. The van der Waals surface area contributed by atoms with E-state index in [-0.39, 0.29) is 29.3 Å². The van der Waals surface area contributed by atoms with Gasteiger partial charge < -0.3 is 18.9 Å². The van der Waals surface area contributed by atoms with Crippen molar-refractivity contribution in [3.63, 3.8) is 0 Å². The molecular formula is C27H25N3O5. The van der Waals surface area contributed by atoms with Gasteiger partial charge in [0.15, 0.2) is 0 Å². The summed E-state index contributed by atoms with van der Waals surface area (Å²) < 4.78 is 22.8. The minimum Gasteiger partial charge on any atom is -0.465 e. The Morgan fingerprint density at radius 1 is 0.600 bits per heavy atom. The molecule has 0 saturated heterocycles. The molecule has 0 aliphatic rings. The molecule has 4 aromatic rings. The Labute approximate surface area is 203 Å². The van der Waals surface area contributed by atoms with Gasteiger partial charge in [-0.3, -0.25) is 0 Å². The number of carbonyl (C=O) groups excluding carboxylic acids is 1. The van der Waals surface area contributed by atoms with E-state index in [1.165, 1.54) is 7.11 Å². The van der Waals surface area contributed by atoms with Crippen LogP contribution in [0.2, 0.25) is 0 Å². The second kappa shape index (κ2) is 10.2. The summed E-state index contributed by atoms with van der Waals surface area (Å²) >= 11 is 0. The van der Waals surface area contributed by atoms with Gasteiger partial charge in [-0.1, -0.05) is 48.5 Å². The maximum Gasteiger partial charge on any atom is 0.341 e. The highest BCUT2D eigenvalue weighted by atomic mass is 16.5. The predicted molar refractivity (Wildman–Crippen MR) is 130 cm³/mol. The van der Waals surface area contributed by atoms with Crippen LogP contribution in [0.15, 0.2) is 60.7 Å². The molecule has 0 saturated carbocycles. The van der Waals surface area contributed by atoms with Gasteiger partial charge in [0.05, 0.1) is 7.11 Å². The molecule has 1 aromatic heterocycles. The van der Waals surface area contributed by atoms with Crippen LogP contribution in [0.1, 0.15) is 32.6 Å². The SMILES string of the molecule is COC(=O)c1ccccc1Oc1nc(Oc2c(C)cccc2C)nc(Oc2c(C)cccc2C)n1. The number of hydrogen-bond acceptors (Lipinski definition) is 8. The minimum atomic E-state index is -0.548. The fourth-order valence-electron chi connectivity index (χ4n) is 3.49. The summed E-state index contributed by atoms with van der Waals surface area (Å²) in [5, 5.41) is 0. The first kappa shape index (κ1) is 23.7. The van der Waals surface area contributed by atoms with Crippen LogP contribution in [-0.2, 0) is 4.74 Å². The van der Waals surface area contributed by atoms with E-state index in [9.17, 15) is 4.79 Å². The fraction of sp³-hybridized carbons (Fsp3) is 0.185. The van der Waals surface area contributed by atoms with E-state index in [1.807, 2.05) is 64.1 Å². The largest absolute Gasteiger partial charge is 0.465 e. The summed E-state index contributed by atoms with van der Waals surface area (Å²) in [6, 6.07) is 18.1. The highest BCUT2D eigenvalue weighted by Crippen LogP contribution is 2.32. The number of hydrogen-bond donors (Lipinski definition) is 0. The number of aromatic nitrogens is 3. The summed E-state index contributed by atoms with van der Waals surface area (Å²) in [4.78, 5) is 25.2. The second-order valence-electron chi connectivity index (χ2n) is 7.92. The van der Waals surface area contributed by atoms with E-state index in [2.05, 4.69) is 15.0 Å². The molecule has 0 bridgehead atoms. The Balaban J connectivity index is 1.77. The van der Waals surface area contributed by atoms with Gasteiger partial charge in [0.1, 0.15) is 22.8 Å². The number of esters is 1. The molecule has 1 heterocycles. The van der Waals surface area contributed by atoms with Gasteiger partial charge in [-0.25, -0.2) is 4.79 Å². The van der Waals surface area contributed by atoms with Crippen molar-refractivity contribution in [3.05, 3.63) is 88.5 Å². The molecule has 3 aromatic carbocycles.